The fraction of sp³-hybridized carbons (Fsp3) is 0.421. The molecule has 1 unspecified atom stereocenters. The number of likely N-dealkylation sites (tertiary alicyclic amines) is 1. The molecule has 0 aliphatic carbocycles. The second-order valence-corrected chi connectivity index (χ2v) is 6.80. The smallest absolute Gasteiger partial charge is 0.209 e. The van der Waals surface area contributed by atoms with E-state index in [0.29, 0.717) is 23.3 Å². The molecule has 1 aliphatic rings. The Balaban J connectivity index is 0.000000232. The number of carbonyl (C=O) groups excluding carboxylic acids is 1. The molecule has 0 saturated carbocycles. The molecule has 1 atom stereocenters. The van der Waals surface area contributed by atoms with Crippen molar-refractivity contribution >= 4 is 23.0 Å². The highest BCUT2D eigenvalue weighted by Crippen LogP contribution is 2.25. The summed E-state index contributed by atoms with van der Waals surface area (Å²) in [6.07, 6.45) is 4.96. The Morgan fingerprint density at radius 1 is 1.46 bits per heavy atom. The number of nitrogens with zero attached hydrogens (tertiary/aromatic N) is 3. The van der Waals surface area contributed by atoms with Crippen molar-refractivity contribution in [3.05, 3.63) is 42.0 Å². The first kappa shape index (κ1) is 19.6. The highest BCUT2D eigenvalue weighted by atomic mass is 19.1. The molecule has 2 aromatic rings. The molecule has 2 heterocycles. The predicted octanol–water partition coefficient (Wildman–Crippen LogP) is 3.10. The van der Waals surface area contributed by atoms with E-state index in [0.717, 1.165) is 24.9 Å². The molecule has 1 fully saturated rings. The van der Waals surface area contributed by atoms with Crippen LogP contribution in [0.4, 0.5) is 4.39 Å². The number of rotatable bonds is 4. The summed E-state index contributed by atoms with van der Waals surface area (Å²) in [5.41, 5.74) is 7.44. The van der Waals surface area contributed by atoms with Gasteiger partial charge in [0.25, 0.3) is 0 Å². The lowest BCUT2D eigenvalue weighted by molar-refractivity contribution is -0.117. The number of aromatic nitrogens is 2. The van der Waals surface area contributed by atoms with Crippen molar-refractivity contribution in [2.45, 2.75) is 33.2 Å². The zero-order chi connectivity index (χ0) is 19.3. The minimum Gasteiger partial charge on any atom is -0.402 e. The molecule has 26 heavy (non-hydrogen) atoms. The summed E-state index contributed by atoms with van der Waals surface area (Å²) >= 11 is 0. The number of allylic oxidation sites excluding steroid dienone is 2. The van der Waals surface area contributed by atoms with Crippen LogP contribution in [0.2, 0.25) is 0 Å². The van der Waals surface area contributed by atoms with E-state index < -0.39 is 0 Å². The quantitative estimate of drug-likeness (QED) is 0.649. The highest BCUT2D eigenvalue weighted by Gasteiger charge is 2.24. The summed E-state index contributed by atoms with van der Waals surface area (Å²) in [4.78, 5) is 12.4. The van der Waals surface area contributed by atoms with Crippen LogP contribution >= 0.6 is 0 Å². The number of hydrogen-bond acceptors (Lipinski definition) is 4. The number of fused-ring (bicyclic) bond motifs is 1. The van der Waals surface area contributed by atoms with Crippen LogP contribution in [0.25, 0.3) is 10.9 Å². The number of nitrogens with one attached hydrogen (secondary N) is 1. The molecule has 140 valence electrons. The SMILES string of the molecule is C/C(N)=C/C(=N)C(C)C.O=CN1CCC(n2ncc3c(F)cccc32)C1. The average Bonchev–Trinajstić information content (AvgIpc) is 3.21. The van der Waals surface area contributed by atoms with Gasteiger partial charge in [-0.15, -0.1) is 0 Å². The lowest BCUT2D eigenvalue weighted by atomic mass is 10.1. The minimum atomic E-state index is -0.251. The maximum absolute atomic E-state index is 13.5. The van der Waals surface area contributed by atoms with Crippen molar-refractivity contribution in [1.29, 1.82) is 5.41 Å². The van der Waals surface area contributed by atoms with E-state index in [-0.39, 0.29) is 17.8 Å². The van der Waals surface area contributed by atoms with Crippen LogP contribution in [0.15, 0.2) is 36.2 Å². The molecule has 1 saturated heterocycles. The Labute approximate surface area is 153 Å². The zero-order valence-electron chi connectivity index (χ0n) is 15.4. The van der Waals surface area contributed by atoms with Gasteiger partial charge in [0, 0.05) is 24.5 Å². The molecule has 1 aromatic carbocycles. The molecule has 1 aliphatic heterocycles. The fourth-order valence-electron chi connectivity index (χ4n) is 2.80. The molecular weight excluding hydrogens is 333 g/mol. The van der Waals surface area contributed by atoms with Crippen molar-refractivity contribution in [3.63, 3.8) is 0 Å². The predicted molar refractivity (Wildman–Crippen MR) is 101 cm³/mol. The van der Waals surface area contributed by atoms with Crippen LogP contribution in [-0.2, 0) is 4.79 Å². The maximum Gasteiger partial charge on any atom is 0.209 e. The van der Waals surface area contributed by atoms with Crippen molar-refractivity contribution in [2.75, 3.05) is 13.1 Å². The van der Waals surface area contributed by atoms with E-state index in [1.807, 2.05) is 24.6 Å². The maximum atomic E-state index is 13.5. The lowest BCUT2D eigenvalue weighted by Crippen LogP contribution is -2.19. The Morgan fingerprint density at radius 2 is 2.19 bits per heavy atom. The van der Waals surface area contributed by atoms with E-state index in [1.54, 1.807) is 30.2 Å². The van der Waals surface area contributed by atoms with Gasteiger partial charge < -0.3 is 16.0 Å². The summed E-state index contributed by atoms with van der Waals surface area (Å²) < 4.78 is 15.3. The van der Waals surface area contributed by atoms with E-state index in [1.165, 1.54) is 6.07 Å². The zero-order valence-corrected chi connectivity index (χ0v) is 15.4. The number of benzene rings is 1. The van der Waals surface area contributed by atoms with Gasteiger partial charge in [-0.25, -0.2) is 4.39 Å². The Morgan fingerprint density at radius 3 is 2.73 bits per heavy atom. The third-order valence-corrected chi connectivity index (χ3v) is 4.28. The van der Waals surface area contributed by atoms with Gasteiger partial charge in [-0.2, -0.15) is 5.10 Å². The summed E-state index contributed by atoms with van der Waals surface area (Å²) in [6.45, 7) is 7.13. The second-order valence-electron chi connectivity index (χ2n) is 6.80. The molecule has 0 spiro atoms. The topological polar surface area (TPSA) is 88.0 Å². The van der Waals surface area contributed by atoms with Crippen molar-refractivity contribution in [2.24, 2.45) is 11.7 Å². The van der Waals surface area contributed by atoms with Gasteiger partial charge >= 0.3 is 0 Å². The minimum absolute atomic E-state index is 0.152. The number of hydrogen-bond donors (Lipinski definition) is 2. The van der Waals surface area contributed by atoms with Crippen molar-refractivity contribution in [1.82, 2.24) is 14.7 Å². The molecule has 0 radical (unpaired) electrons. The molecule has 6 nitrogen and oxygen atoms in total. The highest BCUT2D eigenvalue weighted by molar-refractivity contribution is 5.94. The molecule has 1 amide bonds. The fourth-order valence-corrected chi connectivity index (χ4v) is 2.80. The van der Waals surface area contributed by atoms with Gasteiger partial charge in [0.15, 0.2) is 0 Å². The standard InChI is InChI=1S/C12H12FN3O.C7H14N2/c13-11-2-1-3-12-10(11)6-14-16(12)9-4-5-15(7-9)8-17;1-5(2)7(9)4-6(3)8/h1-3,6,8-9H,4-5,7H2;4-5,9H,8H2,1-3H3/b;6-4-,9-7?. The molecule has 7 heteroatoms. The molecule has 1 aromatic heterocycles. The third kappa shape index (κ3) is 4.68. The average molecular weight is 359 g/mol. The summed E-state index contributed by atoms with van der Waals surface area (Å²) in [7, 11) is 0. The van der Waals surface area contributed by atoms with Gasteiger partial charge in [-0.3, -0.25) is 9.48 Å². The molecule has 3 N–H and O–H groups in total. The van der Waals surface area contributed by atoms with E-state index in [9.17, 15) is 9.18 Å². The first-order valence-corrected chi connectivity index (χ1v) is 8.66. The molecule has 0 bridgehead atoms. The van der Waals surface area contributed by atoms with Crippen LogP contribution in [-0.4, -0.2) is 39.9 Å². The van der Waals surface area contributed by atoms with Crippen molar-refractivity contribution in [3.8, 4) is 0 Å². The largest absolute Gasteiger partial charge is 0.402 e. The Hall–Kier alpha value is -2.70. The van der Waals surface area contributed by atoms with E-state index >= 15 is 0 Å². The number of halogens is 1. The monoisotopic (exact) mass is 359 g/mol. The van der Waals surface area contributed by atoms with Gasteiger partial charge in [0.2, 0.25) is 6.41 Å². The molecule has 3 rings (SSSR count). The van der Waals surface area contributed by atoms with Crippen molar-refractivity contribution < 1.29 is 9.18 Å². The normalized spacial score (nSPS) is 17.3. The van der Waals surface area contributed by atoms with Gasteiger partial charge in [-0.05, 0) is 37.5 Å². The summed E-state index contributed by atoms with van der Waals surface area (Å²) in [5.74, 6) is 0.0301. The summed E-state index contributed by atoms with van der Waals surface area (Å²) in [5, 5.41) is 12.1. The first-order chi connectivity index (χ1) is 12.3. The second kappa shape index (κ2) is 8.60. The van der Waals surface area contributed by atoms with Crippen LogP contribution in [0.3, 0.4) is 0 Å². The summed E-state index contributed by atoms with van der Waals surface area (Å²) in [6, 6.07) is 5.12. The first-order valence-electron chi connectivity index (χ1n) is 8.66. The van der Waals surface area contributed by atoms with Crippen LogP contribution < -0.4 is 5.73 Å². The van der Waals surface area contributed by atoms with Gasteiger partial charge in [0.05, 0.1) is 23.1 Å². The van der Waals surface area contributed by atoms with Crippen LogP contribution in [0.5, 0.6) is 0 Å². The number of nitrogens with two attached hydrogens (primary N) is 1. The lowest BCUT2D eigenvalue weighted by Gasteiger charge is -2.12. The Kier molecular flexibility index (Phi) is 6.49. The third-order valence-electron chi connectivity index (χ3n) is 4.28. The van der Waals surface area contributed by atoms with E-state index in [2.05, 4.69) is 5.10 Å². The molecular formula is C19H26FN5O. The Bertz CT molecular complexity index is 807. The van der Waals surface area contributed by atoms with Crippen LogP contribution in [0.1, 0.15) is 33.2 Å². The number of carbonyl (C=O) groups is 1. The number of amides is 1. The van der Waals surface area contributed by atoms with Gasteiger partial charge in [-0.1, -0.05) is 19.9 Å². The van der Waals surface area contributed by atoms with Gasteiger partial charge in [0.1, 0.15) is 5.82 Å². The van der Waals surface area contributed by atoms with E-state index in [4.69, 9.17) is 11.1 Å². The van der Waals surface area contributed by atoms with Crippen LogP contribution in [0, 0.1) is 17.1 Å².